The molecule has 1 aromatic rings. The van der Waals surface area contributed by atoms with Gasteiger partial charge in [0.2, 0.25) is 5.91 Å². The quantitative estimate of drug-likeness (QED) is 0.750. The summed E-state index contributed by atoms with van der Waals surface area (Å²) in [7, 11) is 0. The van der Waals surface area contributed by atoms with E-state index >= 15 is 0 Å². The molecule has 0 spiro atoms. The standard InChI is InChI=1S/C16H22N2O3/c1-11(2)12(3)18-16(20)9-6-13-4-7-14(8-5-13)21-10-15(17)19/h4-9,11-12H,10H2,1-3H3,(H2,17,19)(H,18,20)/b9-6+. The van der Waals surface area contributed by atoms with Gasteiger partial charge in [-0.05, 0) is 36.6 Å². The maximum Gasteiger partial charge on any atom is 0.255 e. The Balaban J connectivity index is 2.53. The van der Waals surface area contributed by atoms with E-state index in [9.17, 15) is 9.59 Å². The highest BCUT2D eigenvalue weighted by molar-refractivity contribution is 5.91. The monoisotopic (exact) mass is 290 g/mol. The third-order valence-electron chi connectivity index (χ3n) is 3.06. The van der Waals surface area contributed by atoms with Crippen LogP contribution in [0.3, 0.4) is 0 Å². The van der Waals surface area contributed by atoms with Crippen molar-refractivity contribution in [1.82, 2.24) is 5.32 Å². The Morgan fingerprint density at radius 1 is 1.24 bits per heavy atom. The SMILES string of the molecule is CC(C)C(C)NC(=O)/C=C/c1ccc(OCC(N)=O)cc1. The zero-order valence-corrected chi connectivity index (χ0v) is 12.6. The topological polar surface area (TPSA) is 81.4 Å². The maximum absolute atomic E-state index is 11.7. The molecular formula is C16H22N2O3. The van der Waals surface area contributed by atoms with Gasteiger partial charge in [-0.25, -0.2) is 0 Å². The second kappa shape index (κ2) is 8.09. The molecule has 1 atom stereocenters. The second-order valence-electron chi connectivity index (χ2n) is 5.20. The van der Waals surface area contributed by atoms with Crippen molar-refractivity contribution in [2.24, 2.45) is 11.7 Å². The van der Waals surface area contributed by atoms with Crippen molar-refractivity contribution in [3.63, 3.8) is 0 Å². The minimum absolute atomic E-state index is 0.120. The molecule has 0 radical (unpaired) electrons. The average molecular weight is 290 g/mol. The number of carbonyl (C=O) groups excluding carboxylic acids is 2. The fraction of sp³-hybridized carbons (Fsp3) is 0.375. The van der Waals surface area contributed by atoms with Crippen LogP contribution in [0.1, 0.15) is 26.3 Å². The van der Waals surface area contributed by atoms with E-state index in [1.807, 2.05) is 6.92 Å². The summed E-state index contributed by atoms with van der Waals surface area (Å²) < 4.78 is 5.15. The van der Waals surface area contributed by atoms with Gasteiger partial charge in [-0.2, -0.15) is 0 Å². The lowest BCUT2D eigenvalue weighted by Crippen LogP contribution is -2.34. The van der Waals surface area contributed by atoms with Crippen molar-refractivity contribution in [3.8, 4) is 5.75 Å². The van der Waals surface area contributed by atoms with E-state index in [0.717, 1.165) is 5.56 Å². The molecule has 1 unspecified atom stereocenters. The minimum Gasteiger partial charge on any atom is -0.484 e. The van der Waals surface area contributed by atoms with Gasteiger partial charge < -0.3 is 15.8 Å². The van der Waals surface area contributed by atoms with E-state index in [0.29, 0.717) is 11.7 Å². The summed E-state index contributed by atoms with van der Waals surface area (Å²) in [4.78, 5) is 22.3. The van der Waals surface area contributed by atoms with E-state index in [4.69, 9.17) is 10.5 Å². The molecule has 21 heavy (non-hydrogen) atoms. The Kier molecular flexibility index (Phi) is 6.46. The van der Waals surface area contributed by atoms with Crippen molar-refractivity contribution in [2.75, 3.05) is 6.61 Å². The van der Waals surface area contributed by atoms with E-state index < -0.39 is 5.91 Å². The van der Waals surface area contributed by atoms with Crippen LogP contribution >= 0.6 is 0 Å². The van der Waals surface area contributed by atoms with Crippen LogP contribution in [0, 0.1) is 5.92 Å². The number of ether oxygens (including phenoxy) is 1. The predicted octanol–water partition coefficient (Wildman–Crippen LogP) is 1.72. The Morgan fingerprint density at radius 3 is 2.38 bits per heavy atom. The van der Waals surface area contributed by atoms with Crippen molar-refractivity contribution >= 4 is 17.9 Å². The van der Waals surface area contributed by atoms with E-state index in [1.165, 1.54) is 6.08 Å². The van der Waals surface area contributed by atoms with Crippen molar-refractivity contribution in [3.05, 3.63) is 35.9 Å². The van der Waals surface area contributed by atoms with Crippen molar-refractivity contribution in [1.29, 1.82) is 0 Å². The summed E-state index contributed by atoms with van der Waals surface area (Å²) in [6.07, 6.45) is 3.22. The lowest BCUT2D eigenvalue weighted by molar-refractivity contribution is -0.120. The van der Waals surface area contributed by atoms with Crippen molar-refractivity contribution < 1.29 is 14.3 Å². The first-order chi connectivity index (χ1) is 9.88. The molecule has 0 heterocycles. The van der Waals surface area contributed by atoms with E-state index in [1.54, 1.807) is 30.3 Å². The van der Waals surface area contributed by atoms with Gasteiger partial charge >= 0.3 is 0 Å². The predicted molar refractivity (Wildman–Crippen MR) is 82.6 cm³/mol. The molecule has 0 aliphatic rings. The highest BCUT2D eigenvalue weighted by Gasteiger charge is 2.08. The summed E-state index contributed by atoms with van der Waals surface area (Å²) >= 11 is 0. The Bertz CT molecular complexity index is 507. The van der Waals surface area contributed by atoms with Gasteiger partial charge in [0.15, 0.2) is 6.61 Å². The van der Waals surface area contributed by atoms with Crippen LogP contribution in [0.4, 0.5) is 0 Å². The normalized spacial score (nSPS) is 12.4. The van der Waals surface area contributed by atoms with Crippen LogP contribution in [-0.4, -0.2) is 24.5 Å². The first kappa shape index (κ1) is 16.8. The molecule has 3 N–H and O–H groups in total. The lowest BCUT2D eigenvalue weighted by Gasteiger charge is -2.15. The van der Waals surface area contributed by atoms with Crippen LogP contribution in [0.25, 0.3) is 6.08 Å². The van der Waals surface area contributed by atoms with Crippen molar-refractivity contribution in [2.45, 2.75) is 26.8 Å². The van der Waals surface area contributed by atoms with Gasteiger partial charge in [-0.3, -0.25) is 9.59 Å². The number of benzene rings is 1. The molecule has 5 heteroatoms. The summed E-state index contributed by atoms with van der Waals surface area (Å²) in [6, 6.07) is 7.17. The van der Waals surface area contributed by atoms with Crippen LogP contribution in [0.2, 0.25) is 0 Å². The van der Waals surface area contributed by atoms with Crippen LogP contribution in [-0.2, 0) is 9.59 Å². The van der Waals surface area contributed by atoms with Gasteiger partial charge in [-0.15, -0.1) is 0 Å². The number of nitrogens with two attached hydrogens (primary N) is 1. The third kappa shape index (κ3) is 6.61. The molecule has 0 aliphatic carbocycles. The Hall–Kier alpha value is -2.30. The molecule has 0 aliphatic heterocycles. The molecule has 0 saturated heterocycles. The largest absolute Gasteiger partial charge is 0.484 e. The van der Waals surface area contributed by atoms with Gasteiger partial charge in [0.05, 0.1) is 0 Å². The van der Waals surface area contributed by atoms with Crippen LogP contribution in [0.15, 0.2) is 30.3 Å². The summed E-state index contributed by atoms with van der Waals surface area (Å²) in [5.41, 5.74) is 5.86. The number of hydrogen-bond donors (Lipinski definition) is 2. The molecule has 1 aromatic carbocycles. The lowest BCUT2D eigenvalue weighted by atomic mass is 10.1. The summed E-state index contributed by atoms with van der Waals surface area (Å²) in [5.74, 6) is 0.313. The summed E-state index contributed by atoms with van der Waals surface area (Å²) in [5, 5.41) is 2.89. The van der Waals surface area contributed by atoms with Gasteiger partial charge in [0.1, 0.15) is 5.75 Å². The van der Waals surface area contributed by atoms with E-state index in [2.05, 4.69) is 19.2 Å². The zero-order chi connectivity index (χ0) is 15.8. The zero-order valence-electron chi connectivity index (χ0n) is 12.6. The molecule has 0 saturated carbocycles. The number of rotatable bonds is 7. The number of amides is 2. The van der Waals surface area contributed by atoms with Gasteiger partial charge in [0, 0.05) is 12.1 Å². The molecular weight excluding hydrogens is 268 g/mol. The molecule has 1 rings (SSSR count). The summed E-state index contributed by atoms with van der Waals surface area (Å²) in [6.45, 7) is 5.94. The molecule has 2 amide bonds. The fourth-order valence-electron chi connectivity index (χ4n) is 1.44. The van der Waals surface area contributed by atoms with Crippen LogP contribution < -0.4 is 15.8 Å². The minimum atomic E-state index is -0.519. The average Bonchev–Trinajstić information content (AvgIpc) is 2.43. The second-order valence-corrected chi connectivity index (χ2v) is 5.20. The molecule has 5 nitrogen and oxygen atoms in total. The highest BCUT2D eigenvalue weighted by atomic mass is 16.5. The van der Waals surface area contributed by atoms with Gasteiger partial charge in [-0.1, -0.05) is 26.0 Å². The van der Waals surface area contributed by atoms with Crippen LogP contribution in [0.5, 0.6) is 5.75 Å². The third-order valence-corrected chi connectivity index (χ3v) is 3.06. The molecule has 0 bridgehead atoms. The number of hydrogen-bond acceptors (Lipinski definition) is 3. The maximum atomic E-state index is 11.7. The molecule has 0 aromatic heterocycles. The highest BCUT2D eigenvalue weighted by Crippen LogP contribution is 2.13. The first-order valence-corrected chi connectivity index (χ1v) is 6.88. The first-order valence-electron chi connectivity index (χ1n) is 6.88. The fourth-order valence-corrected chi connectivity index (χ4v) is 1.44. The van der Waals surface area contributed by atoms with Gasteiger partial charge in [0.25, 0.3) is 5.91 Å². The van der Waals surface area contributed by atoms with E-state index in [-0.39, 0.29) is 18.6 Å². The number of primary amides is 1. The smallest absolute Gasteiger partial charge is 0.255 e. The number of nitrogens with one attached hydrogen (secondary N) is 1. The molecule has 114 valence electrons. The molecule has 0 fully saturated rings. The Labute approximate surface area is 125 Å². The Morgan fingerprint density at radius 2 is 1.86 bits per heavy atom. The number of carbonyl (C=O) groups is 2.